The maximum absolute atomic E-state index is 5.22. The van der Waals surface area contributed by atoms with Gasteiger partial charge in [-0.25, -0.2) is 0 Å². The van der Waals surface area contributed by atoms with Crippen molar-refractivity contribution in [3.63, 3.8) is 0 Å². The van der Waals surface area contributed by atoms with E-state index in [1.165, 1.54) is 11.1 Å². The monoisotopic (exact) mass is 381 g/mol. The van der Waals surface area contributed by atoms with Crippen LogP contribution in [0.3, 0.4) is 0 Å². The van der Waals surface area contributed by atoms with E-state index in [1.807, 2.05) is 0 Å². The lowest BCUT2D eigenvalue weighted by atomic mass is 10.2. The molecule has 0 radical (unpaired) electrons. The van der Waals surface area contributed by atoms with E-state index in [0.717, 1.165) is 6.16 Å². The van der Waals surface area contributed by atoms with Crippen LogP contribution >= 0.6 is 15.8 Å². The van der Waals surface area contributed by atoms with Crippen LogP contribution in [0.1, 0.15) is 88.8 Å². The minimum Gasteiger partial charge on any atom is -0.253 e. The second kappa shape index (κ2) is 7.56. The topological polar surface area (TPSA) is 12.9 Å². The molecule has 144 valence electrons. The third-order valence-corrected chi connectivity index (χ3v) is 11.6. The Bertz CT molecular complexity index is 537. The molecule has 0 bridgehead atoms. The molecule has 1 nitrogen and oxygen atoms in total. The van der Waals surface area contributed by atoms with Crippen LogP contribution in [-0.4, -0.2) is 25.6 Å². The average Bonchev–Trinajstić information content (AvgIpc) is 2.30. The van der Waals surface area contributed by atoms with Crippen LogP contribution in [0.25, 0.3) is 0 Å². The van der Waals surface area contributed by atoms with Gasteiger partial charge in [-0.05, 0) is 40.7 Å². The van der Waals surface area contributed by atoms with E-state index in [9.17, 15) is 0 Å². The molecule has 0 atom stereocenters. The molecule has 25 heavy (non-hydrogen) atoms. The Morgan fingerprint density at radius 2 is 1.12 bits per heavy atom. The SMILES string of the molecule is CC(C)(C)P(Cc1cccc(P(C(C)(C)C)C(C)(C)C)n1)C(C)(C)C. The van der Waals surface area contributed by atoms with Crippen LogP contribution in [0.2, 0.25) is 0 Å². The highest BCUT2D eigenvalue weighted by atomic mass is 31.1. The van der Waals surface area contributed by atoms with E-state index >= 15 is 0 Å². The van der Waals surface area contributed by atoms with Gasteiger partial charge in [-0.1, -0.05) is 97.1 Å². The minimum absolute atomic E-state index is 0.162. The smallest absolute Gasteiger partial charge is 0.0644 e. The Kier molecular flexibility index (Phi) is 6.97. The second-order valence-electron chi connectivity index (χ2n) is 11.1. The van der Waals surface area contributed by atoms with Gasteiger partial charge in [0.15, 0.2) is 0 Å². The zero-order valence-electron chi connectivity index (χ0n) is 18.8. The lowest BCUT2D eigenvalue weighted by molar-refractivity contribution is 0.701. The molecule has 0 unspecified atom stereocenters. The first-order valence-electron chi connectivity index (χ1n) is 9.48. The van der Waals surface area contributed by atoms with E-state index in [2.05, 4.69) is 101 Å². The number of aromatic nitrogens is 1. The summed E-state index contributed by atoms with van der Waals surface area (Å²) in [5.41, 5.74) is 2.61. The molecule has 0 aromatic carbocycles. The van der Waals surface area contributed by atoms with Gasteiger partial charge in [0.2, 0.25) is 0 Å². The molecule has 0 N–H and O–H groups in total. The van der Waals surface area contributed by atoms with Crippen molar-refractivity contribution in [3.05, 3.63) is 23.9 Å². The van der Waals surface area contributed by atoms with E-state index < -0.39 is 0 Å². The lowest BCUT2D eigenvalue weighted by Crippen LogP contribution is -2.33. The highest BCUT2D eigenvalue weighted by Crippen LogP contribution is 2.61. The molecule has 1 heterocycles. The van der Waals surface area contributed by atoms with Crippen molar-refractivity contribution in [2.45, 2.75) is 110 Å². The molecule has 1 aromatic rings. The molecule has 0 spiro atoms. The first-order chi connectivity index (χ1) is 10.9. The Morgan fingerprint density at radius 1 is 0.680 bits per heavy atom. The first kappa shape index (κ1) is 23.0. The van der Waals surface area contributed by atoms with Crippen LogP contribution in [0, 0.1) is 0 Å². The molecule has 0 saturated heterocycles. The molecule has 0 aliphatic heterocycles. The van der Waals surface area contributed by atoms with Gasteiger partial charge < -0.3 is 0 Å². The van der Waals surface area contributed by atoms with E-state index in [4.69, 9.17) is 4.98 Å². The largest absolute Gasteiger partial charge is 0.253 e. The van der Waals surface area contributed by atoms with Crippen LogP contribution < -0.4 is 5.44 Å². The summed E-state index contributed by atoms with van der Waals surface area (Å²) in [5, 5.41) is 1.20. The Labute approximate surface area is 160 Å². The quantitative estimate of drug-likeness (QED) is 0.498. The molecule has 3 heteroatoms. The zero-order chi connectivity index (χ0) is 19.8. The van der Waals surface area contributed by atoms with Crippen LogP contribution in [0.5, 0.6) is 0 Å². The summed E-state index contributed by atoms with van der Waals surface area (Å²) in [6.45, 7) is 28.6. The highest BCUT2D eigenvalue weighted by Gasteiger charge is 2.38. The van der Waals surface area contributed by atoms with Crippen molar-refractivity contribution in [2.24, 2.45) is 0 Å². The number of nitrogens with zero attached hydrogens (tertiary/aromatic N) is 1. The Morgan fingerprint density at radius 3 is 1.48 bits per heavy atom. The summed E-state index contributed by atoms with van der Waals surface area (Å²) >= 11 is 0. The molecule has 0 saturated carbocycles. The van der Waals surface area contributed by atoms with Crippen molar-refractivity contribution in [2.75, 3.05) is 0 Å². The molecule has 0 fully saturated rings. The third kappa shape index (κ3) is 6.59. The van der Waals surface area contributed by atoms with Crippen LogP contribution in [0.4, 0.5) is 0 Å². The Hall–Kier alpha value is 0.01000. The standard InChI is InChI=1S/C22H41NP2/c1-19(2,3)24(20(4,5)6)16-17-14-13-15-18(23-17)25(21(7,8)9)22(10,11)12/h13-15H,16H2,1-12H3. The van der Waals surface area contributed by atoms with Gasteiger partial charge in [0, 0.05) is 11.9 Å². The average molecular weight is 382 g/mol. The van der Waals surface area contributed by atoms with Gasteiger partial charge in [0.1, 0.15) is 0 Å². The summed E-state index contributed by atoms with van der Waals surface area (Å²) in [4.78, 5) is 5.22. The van der Waals surface area contributed by atoms with Gasteiger partial charge in [-0.3, -0.25) is 4.98 Å². The normalized spacial score (nSPS) is 14.5. The van der Waals surface area contributed by atoms with E-state index in [-0.39, 0.29) is 26.2 Å². The molecule has 0 amide bonds. The Balaban J connectivity index is 3.29. The summed E-state index contributed by atoms with van der Waals surface area (Å²) in [6.07, 6.45) is 1.12. The van der Waals surface area contributed by atoms with Gasteiger partial charge in [-0.2, -0.15) is 0 Å². The van der Waals surface area contributed by atoms with E-state index in [0.29, 0.717) is 10.3 Å². The number of rotatable bonds is 3. The summed E-state index contributed by atoms with van der Waals surface area (Å²) in [7, 11) is -0.501. The molecule has 0 aliphatic rings. The zero-order valence-corrected chi connectivity index (χ0v) is 20.6. The lowest BCUT2D eigenvalue weighted by Gasteiger charge is -2.42. The predicted molar refractivity (Wildman–Crippen MR) is 120 cm³/mol. The minimum atomic E-state index is -0.339. The van der Waals surface area contributed by atoms with Crippen molar-refractivity contribution in [1.82, 2.24) is 4.98 Å². The van der Waals surface area contributed by atoms with Gasteiger partial charge >= 0.3 is 0 Å². The summed E-state index contributed by atoms with van der Waals surface area (Å²) in [6, 6.07) is 6.75. The third-order valence-electron chi connectivity index (χ3n) is 4.30. The van der Waals surface area contributed by atoms with Crippen LogP contribution in [0.15, 0.2) is 18.2 Å². The van der Waals surface area contributed by atoms with Gasteiger partial charge in [0.05, 0.1) is 5.44 Å². The predicted octanol–water partition coefficient (Wildman–Crippen LogP) is 7.36. The second-order valence-corrected chi connectivity index (χ2v) is 18.8. The summed E-state index contributed by atoms with van der Waals surface area (Å²) < 4.78 is 0. The fourth-order valence-corrected chi connectivity index (χ4v) is 11.3. The maximum Gasteiger partial charge on any atom is 0.0644 e. The fraction of sp³-hybridized carbons (Fsp3) is 0.773. The number of pyridine rings is 1. The van der Waals surface area contributed by atoms with Crippen molar-refractivity contribution >= 4 is 21.3 Å². The van der Waals surface area contributed by atoms with E-state index in [1.54, 1.807) is 0 Å². The fourth-order valence-electron chi connectivity index (χ4n) is 4.02. The molecular formula is C22H41NP2. The number of hydrogen-bond donors (Lipinski definition) is 0. The summed E-state index contributed by atoms with van der Waals surface area (Å²) in [5.74, 6) is 0. The molecule has 0 aliphatic carbocycles. The highest BCUT2D eigenvalue weighted by molar-refractivity contribution is 7.68. The van der Waals surface area contributed by atoms with Crippen LogP contribution in [-0.2, 0) is 6.16 Å². The van der Waals surface area contributed by atoms with Gasteiger partial charge in [0.25, 0.3) is 0 Å². The van der Waals surface area contributed by atoms with Crippen molar-refractivity contribution < 1.29 is 0 Å². The molecule has 1 aromatic heterocycles. The molecular weight excluding hydrogens is 340 g/mol. The van der Waals surface area contributed by atoms with Crippen molar-refractivity contribution in [3.8, 4) is 0 Å². The maximum atomic E-state index is 5.22. The number of hydrogen-bond acceptors (Lipinski definition) is 1. The molecule has 1 rings (SSSR count). The van der Waals surface area contributed by atoms with Gasteiger partial charge in [-0.15, -0.1) is 0 Å². The van der Waals surface area contributed by atoms with Crippen molar-refractivity contribution in [1.29, 1.82) is 0 Å². The first-order valence-corrected chi connectivity index (χ1v) is 12.3.